The maximum Gasteiger partial charge on any atom is 0.342 e. The number of urea groups is 1. The van der Waals surface area contributed by atoms with E-state index in [4.69, 9.17) is 37.8 Å². The maximum atomic E-state index is 13.3. The summed E-state index contributed by atoms with van der Waals surface area (Å²) in [7, 11) is 3.22. The quantitative estimate of drug-likeness (QED) is 0.484. The molecule has 1 heterocycles. The lowest BCUT2D eigenvalue weighted by Gasteiger charge is -2.27. The molecule has 8 heteroatoms. The molecule has 168 valence electrons. The number of rotatable bonds is 4. The van der Waals surface area contributed by atoms with Crippen molar-refractivity contribution in [3.8, 4) is 11.5 Å². The van der Waals surface area contributed by atoms with Gasteiger partial charge in [-0.25, -0.2) is 9.80 Å². The molecule has 0 fully saturated rings. The standard InChI is InChI=1S/C25H21Cl2N3O3/c1-32-21-12-14-11-19-23(18(14)13-22(21)33-2)29-30(24(19)17-5-3-4-6-20(17)27)25(31)28-16-9-7-15(26)8-10-16/h3-10,12-13,19,24H,11H2,1-2H3,(H,28,31). The van der Waals surface area contributed by atoms with Crippen LogP contribution in [0.25, 0.3) is 0 Å². The van der Waals surface area contributed by atoms with E-state index in [1.54, 1.807) is 38.5 Å². The summed E-state index contributed by atoms with van der Waals surface area (Å²) in [5, 5.41) is 10.4. The van der Waals surface area contributed by atoms with Gasteiger partial charge in [-0.2, -0.15) is 5.10 Å². The van der Waals surface area contributed by atoms with Crippen LogP contribution in [-0.4, -0.2) is 31.0 Å². The molecular formula is C25H21Cl2N3O3. The molecule has 1 aliphatic carbocycles. The smallest absolute Gasteiger partial charge is 0.342 e. The zero-order chi connectivity index (χ0) is 23.1. The molecule has 3 aromatic carbocycles. The molecule has 2 atom stereocenters. The lowest BCUT2D eigenvalue weighted by Crippen LogP contribution is -2.34. The van der Waals surface area contributed by atoms with Crippen LogP contribution in [-0.2, 0) is 6.42 Å². The van der Waals surface area contributed by atoms with Gasteiger partial charge in [0.1, 0.15) is 0 Å². The molecule has 0 saturated carbocycles. The van der Waals surface area contributed by atoms with E-state index in [1.807, 2.05) is 36.4 Å². The third-order valence-electron chi connectivity index (χ3n) is 6.06. The number of methoxy groups -OCH3 is 2. The van der Waals surface area contributed by atoms with Crippen LogP contribution in [0.1, 0.15) is 22.7 Å². The second kappa shape index (κ2) is 8.61. The lowest BCUT2D eigenvalue weighted by atomic mass is 9.90. The molecule has 6 nitrogen and oxygen atoms in total. The molecule has 0 saturated heterocycles. The van der Waals surface area contributed by atoms with Gasteiger partial charge in [-0.05, 0) is 60.0 Å². The van der Waals surface area contributed by atoms with Crippen LogP contribution < -0.4 is 14.8 Å². The van der Waals surface area contributed by atoms with Crippen LogP contribution in [0.4, 0.5) is 10.5 Å². The number of halogens is 2. The number of nitrogens with one attached hydrogen (secondary N) is 1. The first-order valence-corrected chi connectivity index (χ1v) is 11.2. The number of carbonyl (C=O) groups excluding carboxylic acids is 1. The first-order chi connectivity index (χ1) is 16.0. The predicted molar refractivity (Wildman–Crippen MR) is 130 cm³/mol. The van der Waals surface area contributed by atoms with E-state index in [-0.39, 0.29) is 18.0 Å². The average Bonchev–Trinajstić information content (AvgIpc) is 3.35. The van der Waals surface area contributed by atoms with Crippen LogP contribution in [0.2, 0.25) is 10.0 Å². The van der Waals surface area contributed by atoms with Gasteiger partial charge >= 0.3 is 6.03 Å². The first kappa shape index (κ1) is 21.6. The Morgan fingerprint density at radius 3 is 2.42 bits per heavy atom. The van der Waals surface area contributed by atoms with Gasteiger partial charge in [0.2, 0.25) is 0 Å². The minimum atomic E-state index is -0.356. The van der Waals surface area contributed by atoms with E-state index in [1.165, 1.54) is 5.01 Å². The number of fused-ring (bicyclic) bond motifs is 3. The Hall–Kier alpha value is -3.22. The normalized spacial score (nSPS) is 18.4. The zero-order valence-electron chi connectivity index (χ0n) is 18.0. The van der Waals surface area contributed by atoms with Crippen LogP contribution in [0.3, 0.4) is 0 Å². The van der Waals surface area contributed by atoms with Gasteiger partial charge in [-0.3, -0.25) is 0 Å². The summed E-state index contributed by atoms with van der Waals surface area (Å²) in [6, 6.07) is 17.7. The van der Waals surface area contributed by atoms with Crippen molar-refractivity contribution in [1.29, 1.82) is 0 Å². The molecule has 5 rings (SSSR count). The first-order valence-electron chi connectivity index (χ1n) is 10.4. The number of hydrogen-bond acceptors (Lipinski definition) is 4. The van der Waals surface area contributed by atoms with Gasteiger partial charge in [-0.15, -0.1) is 0 Å². The van der Waals surface area contributed by atoms with Gasteiger partial charge in [0.05, 0.1) is 26.0 Å². The predicted octanol–water partition coefficient (Wildman–Crippen LogP) is 6.18. The molecule has 0 spiro atoms. The van der Waals surface area contributed by atoms with Crippen molar-refractivity contribution in [3.05, 3.63) is 87.4 Å². The van der Waals surface area contributed by atoms with Crippen LogP contribution in [0, 0.1) is 5.92 Å². The molecule has 1 N–H and O–H groups in total. The third kappa shape index (κ3) is 3.79. The Balaban J connectivity index is 1.56. The fraction of sp³-hybridized carbons (Fsp3) is 0.200. The molecule has 2 amide bonds. The Bertz CT molecular complexity index is 1260. The number of carbonyl (C=O) groups is 1. The summed E-state index contributed by atoms with van der Waals surface area (Å²) in [6.45, 7) is 0. The fourth-order valence-electron chi connectivity index (χ4n) is 4.55. The minimum Gasteiger partial charge on any atom is -0.493 e. The van der Waals surface area contributed by atoms with E-state index >= 15 is 0 Å². The Morgan fingerprint density at radius 2 is 1.73 bits per heavy atom. The molecule has 33 heavy (non-hydrogen) atoms. The number of hydrogen-bond donors (Lipinski definition) is 1. The Morgan fingerprint density at radius 1 is 1.03 bits per heavy atom. The third-order valence-corrected chi connectivity index (χ3v) is 6.66. The van der Waals surface area contributed by atoms with E-state index in [0.29, 0.717) is 33.7 Å². The molecule has 0 aromatic heterocycles. The summed E-state index contributed by atoms with van der Waals surface area (Å²) < 4.78 is 11.0. The van der Waals surface area contributed by atoms with Crippen molar-refractivity contribution in [1.82, 2.24) is 5.01 Å². The van der Waals surface area contributed by atoms with Crippen molar-refractivity contribution in [2.24, 2.45) is 11.0 Å². The zero-order valence-corrected chi connectivity index (χ0v) is 19.5. The lowest BCUT2D eigenvalue weighted by molar-refractivity contribution is 0.190. The largest absolute Gasteiger partial charge is 0.493 e. The number of anilines is 1. The van der Waals surface area contributed by atoms with Gasteiger partial charge in [0.25, 0.3) is 0 Å². The summed E-state index contributed by atoms with van der Waals surface area (Å²) in [5.74, 6) is 1.24. The minimum absolute atomic E-state index is 0.0484. The van der Waals surface area contributed by atoms with Gasteiger partial charge < -0.3 is 14.8 Å². The summed E-state index contributed by atoms with van der Waals surface area (Å²) in [5.41, 5.74) is 4.37. The summed E-state index contributed by atoms with van der Waals surface area (Å²) in [4.78, 5) is 13.3. The monoisotopic (exact) mass is 481 g/mol. The number of benzene rings is 3. The van der Waals surface area contributed by atoms with Crippen LogP contribution in [0.5, 0.6) is 11.5 Å². The van der Waals surface area contributed by atoms with Gasteiger partial charge in [0, 0.05) is 27.2 Å². The van der Waals surface area contributed by atoms with E-state index < -0.39 is 0 Å². The molecule has 0 bridgehead atoms. The maximum absolute atomic E-state index is 13.3. The highest BCUT2D eigenvalue weighted by Gasteiger charge is 2.47. The van der Waals surface area contributed by atoms with Gasteiger partial charge in [0.15, 0.2) is 11.5 Å². The molecule has 1 aliphatic heterocycles. The highest BCUT2D eigenvalue weighted by Crippen LogP contribution is 2.48. The molecule has 2 unspecified atom stereocenters. The van der Waals surface area contributed by atoms with E-state index in [9.17, 15) is 4.79 Å². The number of nitrogens with zero attached hydrogens (tertiary/aromatic N) is 2. The second-order valence-electron chi connectivity index (χ2n) is 7.91. The van der Waals surface area contributed by atoms with E-state index in [2.05, 4.69) is 5.32 Å². The summed E-state index contributed by atoms with van der Waals surface area (Å²) in [6.07, 6.45) is 0.704. The highest BCUT2D eigenvalue weighted by molar-refractivity contribution is 6.31. The van der Waals surface area contributed by atoms with Crippen LogP contribution in [0.15, 0.2) is 65.8 Å². The molecular weight excluding hydrogens is 461 g/mol. The number of hydrazone groups is 1. The molecule has 0 radical (unpaired) electrons. The number of ether oxygens (including phenoxy) is 2. The average molecular weight is 482 g/mol. The topological polar surface area (TPSA) is 63.2 Å². The van der Waals surface area contributed by atoms with Crippen molar-refractivity contribution >= 4 is 40.6 Å². The van der Waals surface area contributed by atoms with E-state index in [0.717, 1.165) is 22.4 Å². The fourth-order valence-corrected chi connectivity index (χ4v) is 4.92. The number of amides is 2. The van der Waals surface area contributed by atoms with Gasteiger partial charge in [-0.1, -0.05) is 41.4 Å². The second-order valence-corrected chi connectivity index (χ2v) is 8.75. The van der Waals surface area contributed by atoms with Crippen molar-refractivity contribution in [2.45, 2.75) is 12.5 Å². The van der Waals surface area contributed by atoms with Crippen molar-refractivity contribution in [3.63, 3.8) is 0 Å². The molecule has 2 aliphatic rings. The SMILES string of the molecule is COc1cc2c(cc1OC)C1=NN(C(=O)Nc3ccc(Cl)cc3)C(c3ccccc3Cl)C1C2. The van der Waals surface area contributed by atoms with Crippen molar-refractivity contribution in [2.75, 3.05) is 19.5 Å². The van der Waals surface area contributed by atoms with Crippen LogP contribution >= 0.6 is 23.2 Å². The Kier molecular flexibility index (Phi) is 5.64. The molecule has 3 aromatic rings. The summed E-state index contributed by atoms with van der Waals surface area (Å²) >= 11 is 12.6. The van der Waals surface area contributed by atoms with Crippen molar-refractivity contribution < 1.29 is 14.3 Å². The Labute approximate surface area is 201 Å². The highest BCUT2D eigenvalue weighted by atomic mass is 35.5.